The maximum absolute atomic E-state index is 11.3. The van der Waals surface area contributed by atoms with Crippen LogP contribution in [0.2, 0.25) is 0 Å². The molecule has 1 amide bonds. The van der Waals surface area contributed by atoms with E-state index in [2.05, 4.69) is 10.3 Å². The zero-order valence-electron chi connectivity index (χ0n) is 11.5. The van der Waals surface area contributed by atoms with Crippen molar-refractivity contribution in [1.29, 1.82) is 0 Å². The van der Waals surface area contributed by atoms with Crippen molar-refractivity contribution < 1.29 is 9.53 Å². The Labute approximate surface area is 117 Å². The first-order chi connectivity index (χ1) is 9.61. The molecule has 0 aliphatic heterocycles. The van der Waals surface area contributed by atoms with Gasteiger partial charge >= 0.3 is 0 Å². The van der Waals surface area contributed by atoms with E-state index in [1.165, 1.54) is 0 Å². The number of amides is 1. The molecule has 0 bridgehead atoms. The van der Waals surface area contributed by atoms with Crippen LogP contribution in [0.25, 0.3) is 0 Å². The van der Waals surface area contributed by atoms with Gasteiger partial charge < -0.3 is 15.8 Å². The fraction of sp³-hybridized carbons (Fsp3) is 0.200. The molecule has 1 aromatic carbocycles. The summed E-state index contributed by atoms with van der Waals surface area (Å²) in [5.74, 6) is 0.151. The summed E-state index contributed by atoms with van der Waals surface area (Å²) in [6.45, 7) is 2.40. The van der Waals surface area contributed by atoms with Crippen LogP contribution in [0.15, 0.2) is 36.4 Å². The molecule has 20 heavy (non-hydrogen) atoms. The van der Waals surface area contributed by atoms with Crippen LogP contribution in [-0.4, -0.2) is 18.0 Å². The van der Waals surface area contributed by atoms with Crippen LogP contribution in [0.3, 0.4) is 0 Å². The topological polar surface area (TPSA) is 77.2 Å². The van der Waals surface area contributed by atoms with Gasteiger partial charge in [0.2, 0.25) is 11.8 Å². The van der Waals surface area contributed by atoms with Crippen molar-refractivity contribution in [2.45, 2.75) is 13.5 Å². The lowest BCUT2D eigenvalue weighted by atomic mass is 10.1. The van der Waals surface area contributed by atoms with Gasteiger partial charge in [-0.25, -0.2) is 4.98 Å². The van der Waals surface area contributed by atoms with Gasteiger partial charge in [0.1, 0.15) is 0 Å². The third kappa shape index (κ3) is 3.06. The summed E-state index contributed by atoms with van der Waals surface area (Å²) < 4.78 is 5.08. The van der Waals surface area contributed by atoms with E-state index in [1.807, 2.05) is 25.1 Å². The second-order valence-electron chi connectivity index (χ2n) is 4.37. The molecule has 5 heteroatoms. The van der Waals surface area contributed by atoms with Crippen LogP contribution < -0.4 is 15.8 Å². The van der Waals surface area contributed by atoms with E-state index in [1.54, 1.807) is 25.3 Å². The van der Waals surface area contributed by atoms with Crippen LogP contribution in [-0.2, 0) is 6.54 Å². The standard InChI is InChI=1S/C15H17N3O2/c1-10-12(15(16)19)6-4-7-13(10)17-9-11-5-3-8-14(18-11)20-2/h3-8,17H,9H2,1-2H3,(H2,16,19). The van der Waals surface area contributed by atoms with Crippen LogP contribution in [0.4, 0.5) is 5.69 Å². The maximum atomic E-state index is 11.3. The molecule has 0 spiro atoms. The first-order valence-corrected chi connectivity index (χ1v) is 6.25. The summed E-state index contributed by atoms with van der Waals surface area (Å²) >= 11 is 0. The van der Waals surface area contributed by atoms with Crippen molar-refractivity contribution in [3.63, 3.8) is 0 Å². The highest BCUT2D eigenvalue weighted by molar-refractivity contribution is 5.95. The fourth-order valence-corrected chi connectivity index (χ4v) is 1.95. The van der Waals surface area contributed by atoms with Gasteiger partial charge in [-0.15, -0.1) is 0 Å². The molecular formula is C15H17N3O2. The number of nitrogens with zero attached hydrogens (tertiary/aromatic N) is 1. The zero-order chi connectivity index (χ0) is 14.5. The third-order valence-corrected chi connectivity index (χ3v) is 3.05. The molecule has 0 fully saturated rings. The van der Waals surface area contributed by atoms with Crippen molar-refractivity contribution in [1.82, 2.24) is 4.98 Å². The molecule has 0 aliphatic carbocycles. The quantitative estimate of drug-likeness (QED) is 0.873. The summed E-state index contributed by atoms with van der Waals surface area (Å²) in [5.41, 5.74) is 8.41. The number of primary amides is 1. The Kier molecular flexibility index (Phi) is 4.20. The highest BCUT2D eigenvalue weighted by atomic mass is 16.5. The lowest BCUT2D eigenvalue weighted by Crippen LogP contribution is -2.14. The van der Waals surface area contributed by atoms with E-state index in [4.69, 9.17) is 10.5 Å². The fourth-order valence-electron chi connectivity index (χ4n) is 1.95. The number of hydrogen-bond donors (Lipinski definition) is 2. The highest BCUT2D eigenvalue weighted by Crippen LogP contribution is 2.19. The lowest BCUT2D eigenvalue weighted by molar-refractivity contribution is 0.1000. The lowest BCUT2D eigenvalue weighted by Gasteiger charge is -2.11. The summed E-state index contributed by atoms with van der Waals surface area (Å²) in [5, 5.41) is 3.25. The summed E-state index contributed by atoms with van der Waals surface area (Å²) in [7, 11) is 1.58. The van der Waals surface area contributed by atoms with Gasteiger partial charge in [-0.05, 0) is 30.7 Å². The Hall–Kier alpha value is -2.56. The summed E-state index contributed by atoms with van der Waals surface area (Å²) in [6, 6.07) is 11.0. The average molecular weight is 271 g/mol. The summed E-state index contributed by atoms with van der Waals surface area (Å²) in [4.78, 5) is 15.6. The van der Waals surface area contributed by atoms with Crippen molar-refractivity contribution in [2.75, 3.05) is 12.4 Å². The molecule has 2 rings (SSSR count). The number of aromatic nitrogens is 1. The minimum atomic E-state index is -0.425. The average Bonchev–Trinajstić information content (AvgIpc) is 2.46. The molecule has 1 aromatic heterocycles. The number of nitrogens with one attached hydrogen (secondary N) is 1. The predicted octanol–water partition coefficient (Wildman–Crippen LogP) is 2.11. The van der Waals surface area contributed by atoms with E-state index in [0.717, 1.165) is 16.9 Å². The molecule has 2 aromatic rings. The van der Waals surface area contributed by atoms with Gasteiger partial charge in [-0.2, -0.15) is 0 Å². The molecule has 1 heterocycles. The molecule has 3 N–H and O–H groups in total. The van der Waals surface area contributed by atoms with Crippen molar-refractivity contribution in [2.24, 2.45) is 5.73 Å². The Bertz CT molecular complexity index is 626. The van der Waals surface area contributed by atoms with E-state index in [9.17, 15) is 4.79 Å². The Morgan fingerprint density at radius 1 is 1.30 bits per heavy atom. The SMILES string of the molecule is COc1cccc(CNc2cccc(C(N)=O)c2C)n1. The molecule has 5 nitrogen and oxygen atoms in total. The van der Waals surface area contributed by atoms with Crippen LogP contribution in [0.5, 0.6) is 5.88 Å². The smallest absolute Gasteiger partial charge is 0.249 e. The van der Waals surface area contributed by atoms with Crippen LogP contribution in [0.1, 0.15) is 21.6 Å². The minimum Gasteiger partial charge on any atom is -0.481 e. The van der Waals surface area contributed by atoms with E-state index >= 15 is 0 Å². The van der Waals surface area contributed by atoms with Crippen molar-refractivity contribution >= 4 is 11.6 Å². The molecule has 0 saturated carbocycles. The summed E-state index contributed by atoms with van der Waals surface area (Å²) in [6.07, 6.45) is 0. The minimum absolute atomic E-state index is 0.425. The monoisotopic (exact) mass is 271 g/mol. The van der Waals surface area contributed by atoms with Gasteiger partial charge in [0.15, 0.2) is 0 Å². The van der Waals surface area contributed by atoms with Gasteiger partial charge in [-0.1, -0.05) is 12.1 Å². The molecule has 0 unspecified atom stereocenters. The Morgan fingerprint density at radius 3 is 2.75 bits per heavy atom. The van der Waals surface area contributed by atoms with Crippen LogP contribution in [0, 0.1) is 6.92 Å². The number of carbonyl (C=O) groups is 1. The van der Waals surface area contributed by atoms with Gasteiger partial charge in [0, 0.05) is 17.3 Å². The number of methoxy groups -OCH3 is 1. The number of ether oxygens (including phenoxy) is 1. The molecule has 0 aliphatic rings. The number of pyridine rings is 1. The molecule has 0 atom stereocenters. The number of carbonyl (C=O) groups excluding carboxylic acids is 1. The Balaban J connectivity index is 2.14. The van der Waals surface area contributed by atoms with E-state index in [-0.39, 0.29) is 0 Å². The zero-order valence-corrected chi connectivity index (χ0v) is 11.5. The third-order valence-electron chi connectivity index (χ3n) is 3.05. The van der Waals surface area contributed by atoms with E-state index in [0.29, 0.717) is 18.0 Å². The molecule has 104 valence electrons. The first-order valence-electron chi connectivity index (χ1n) is 6.25. The largest absolute Gasteiger partial charge is 0.481 e. The van der Waals surface area contributed by atoms with Gasteiger partial charge in [0.05, 0.1) is 19.3 Å². The van der Waals surface area contributed by atoms with Crippen molar-refractivity contribution in [3.05, 3.63) is 53.2 Å². The van der Waals surface area contributed by atoms with Gasteiger partial charge in [0.25, 0.3) is 0 Å². The maximum Gasteiger partial charge on any atom is 0.249 e. The number of anilines is 1. The second-order valence-corrected chi connectivity index (χ2v) is 4.37. The number of nitrogens with two attached hydrogens (primary N) is 1. The van der Waals surface area contributed by atoms with Crippen molar-refractivity contribution in [3.8, 4) is 5.88 Å². The predicted molar refractivity (Wildman–Crippen MR) is 77.8 cm³/mol. The second kappa shape index (κ2) is 6.06. The number of hydrogen-bond acceptors (Lipinski definition) is 4. The highest BCUT2D eigenvalue weighted by Gasteiger charge is 2.08. The van der Waals surface area contributed by atoms with E-state index < -0.39 is 5.91 Å². The normalized spacial score (nSPS) is 10.1. The number of rotatable bonds is 5. The van der Waals surface area contributed by atoms with Crippen LogP contribution >= 0.6 is 0 Å². The van der Waals surface area contributed by atoms with Gasteiger partial charge in [-0.3, -0.25) is 4.79 Å². The first kappa shape index (κ1) is 13.9. The molecule has 0 saturated heterocycles. The molecule has 0 radical (unpaired) electrons. The molecular weight excluding hydrogens is 254 g/mol. The number of benzene rings is 1. The Morgan fingerprint density at radius 2 is 2.05 bits per heavy atom.